The Morgan fingerprint density at radius 2 is 2.30 bits per heavy atom. The molecule has 0 saturated carbocycles. The van der Waals surface area contributed by atoms with Crippen molar-refractivity contribution >= 4 is 27.1 Å². The molecule has 0 aromatic carbocycles. The minimum absolute atomic E-state index is 0.0921. The second-order valence-electron chi connectivity index (χ2n) is 5.30. The summed E-state index contributed by atoms with van der Waals surface area (Å²) in [6.07, 6.45) is 5.68. The highest BCUT2D eigenvalue weighted by Crippen LogP contribution is 2.28. The minimum atomic E-state index is -2.99. The predicted molar refractivity (Wildman–Crippen MR) is 76.1 cm³/mol. The zero-order chi connectivity index (χ0) is 14.4. The van der Waals surface area contributed by atoms with Gasteiger partial charge in [0.25, 0.3) is 0 Å². The third-order valence-electron chi connectivity index (χ3n) is 3.45. The van der Waals surface area contributed by atoms with Crippen molar-refractivity contribution in [2.24, 2.45) is 5.84 Å². The molecular weight excluding hydrogens is 280 g/mol. The van der Waals surface area contributed by atoms with Crippen molar-refractivity contribution in [3.63, 3.8) is 0 Å². The van der Waals surface area contributed by atoms with Gasteiger partial charge in [-0.25, -0.2) is 24.2 Å². The van der Waals surface area contributed by atoms with Gasteiger partial charge in [0, 0.05) is 12.4 Å². The molecule has 1 fully saturated rings. The zero-order valence-corrected chi connectivity index (χ0v) is 11.8. The average molecular weight is 296 g/mol. The van der Waals surface area contributed by atoms with E-state index in [0.717, 1.165) is 0 Å². The zero-order valence-electron chi connectivity index (χ0n) is 11.0. The van der Waals surface area contributed by atoms with Crippen LogP contribution in [-0.4, -0.2) is 39.8 Å². The first-order valence-corrected chi connectivity index (χ1v) is 8.02. The van der Waals surface area contributed by atoms with Gasteiger partial charge in [-0.3, -0.25) is 0 Å². The van der Waals surface area contributed by atoms with E-state index in [1.165, 1.54) is 0 Å². The van der Waals surface area contributed by atoms with Gasteiger partial charge in [-0.15, -0.1) is 0 Å². The SMILES string of the molecule is CC1(Nc2nc(NN)cn3ccnc23)CCS(=O)(=O)C1. The van der Waals surface area contributed by atoms with Crippen LogP contribution in [0.3, 0.4) is 0 Å². The van der Waals surface area contributed by atoms with E-state index in [9.17, 15) is 8.42 Å². The Morgan fingerprint density at radius 1 is 1.50 bits per heavy atom. The summed E-state index contributed by atoms with van der Waals surface area (Å²) in [5.41, 5.74) is 2.58. The van der Waals surface area contributed by atoms with Gasteiger partial charge in [0.2, 0.25) is 0 Å². The monoisotopic (exact) mass is 296 g/mol. The Bertz CT molecular complexity index is 755. The third kappa shape index (κ3) is 2.29. The van der Waals surface area contributed by atoms with Gasteiger partial charge in [0.1, 0.15) is 0 Å². The number of hydrogen-bond donors (Lipinski definition) is 3. The Labute approximate surface area is 116 Å². The lowest BCUT2D eigenvalue weighted by Crippen LogP contribution is -2.36. The van der Waals surface area contributed by atoms with Crippen LogP contribution in [0.5, 0.6) is 0 Å². The molecule has 20 heavy (non-hydrogen) atoms. The molecule has 1 aliphatic heterocycles. The molecule has 0 radical (unpaired) electrons. The number of rotatable bonds is 3. The molecule has 2 aromatic heterocycles. The minimum Gasteiger partial charge on any atom is -0.361 e. The number of sulfone groups is 1. The van der Waals surface area contributed by atoms with Crippen LogP contribution in [0.4, 0.5) is 11.6 Å². The first-order chi connectivity index (χ1) is 9.41. The van der Waals surface area contributed by atoms with Gasteiger partial charge in [-0.2, -0.15) is 0 Å². The quantitative estimate of drug-likeness (QED) is 0.539. The lowest BCUT2D eigenvalue weighted by atomic mass is 10.0. The maximum atomic E-state index is 11.7. The summed E-state index contributed by atoms with van der Waals surface area (Å²) in [6.45, 7) is 1.88. The number of nitrogen functional groups attached to an aromatic ring is 1. The van der Waals surface area contributed by atoms with Gasteiger partial charge in [0.05, 0.1) is 23.2 Å². The molecule has 8 nitrogen and oxygen atoms in total. The van der Waals surface area contributed by atoms with Crippen molar-refractivity contribution in [1.29, 1.82) is 0 Å². The van der Waals surface area contributed by atoms with Crippen LogP contribution in [0, 0.1) is 0 Å². The molecule has 3 heterocycles. The van der Waals surface area contributed by atoms with E-state index < -0.39 is 15.4 Å². The van der Waals surface area contributed by atoms with E-state index in [0.29, 0.717) is 23.7 Å². The third-order valence-corrected chi connectivity index (χ3v) is 5.35. The molecule has 1 unspecified atom stereocenters. The molecule has 2 aromatic rings. The molecule has 0 spiro atoms. The normalized spacial score (nSPS) is 24.9. The molecule has 1 aliphatic rings. The summed E-state index contributed by atoms with van der Waals surface area (Å²) in [6, 6.07) is 0. The number of fused-ring (bicyclic) bond motifs is 1. The Kier molecular flexibility index (Phi) is 2.83. The highest BCUT2D eigenvalue weighted by Gasteiger charge is 2.39. The van der Waals surface area contributed by atoms with E-state index in [-0.39, 0.29) is 11.5 Å². The van der Waals surface area contributed by atoms with E-state index in [4.69, 9.17) is 5.84 Å². The maximum Gasteiger partial charge on any atom is 0.180 e. The molecule has 1 saturated heterocycles. The average Bonchev–Trinajstić information content (AvgIpc) is 2.93. The lowest BCUT2D eigenvalue weighted by molar-refractivity contribution is 0.572. The number of nitrogens with two attached hydrogens (primary N) is 1. The molecule has 9 heteroatoms. The van der Waals surface area contributed by atoms with Crippen molar-refractivity contribution in [2.75, 3.05) is 22.2 Å². The highest BCUT2D eigenvalue weighted by molar-refractivity contribution is 7.91. The maximum absolute atomic E-state index is 11.7. The van der Waals surface area contributed by atoms with Gasteiger partial charge < -0.3 is 15.1 Å². The van der Waals surface area contributed by atoms with Gasteiger partial charge in [-0.1, -0.05) is 0 Å². The summed E-state index contributed by atoms with van der Waals surface area (Å²) in [4.78, 5) is 8.55. The molecule has 108 valence electrons. The fourth-order valence-electron chi connectivity index (χ4n) is 2.48. The number of imidazole rings is 1. The van der Waals surface area contributed by atoms with E-state index in [1.807, 2.05) is 6.92 Å². The molecular formula is C11H16N6O2S. The number of nitrogens with one attached hydrogen (secondary N) is 2. The van der Waals surface area contributed by atoms with Crippen molar-refractivity contribution < 1.29 is 8.42 Å². The van der Waals surface area contributed by atoms with Crippen LogP contribution < -0.4 is 16.6 Å². The molecule has 0 bridgehead atoms. The first-order valence-electron chi connectivity index (χ1n) is 6.20. The number of nitrogens with zero attached hydrogens (tertiary/aromatic N) is 3. The highest BCUT2D eigenvalue weighted by atomic mass is 32.2. The standard InChI is InChI=1S/C11H16N6O2S/c1-11(2-5-20(18,19)7-11)15-9-10-13-3-4-17(10)6-8(14-9)16-12/h3-4,6,16H,2,5,7,12H2,1H3,(H,14,15). The van der Waals surface area contributed by atoms with E-state index in [2.05, 4.69) is 20.7 Å². The summed E-state index contributed by atoms with van der Waals surface area (Å²) in [7, 11) is -2.99. The van der Waals surface area contributed by atoms with Gasteiger partial charge >= 0.3 is 0 Å². The van der Waals surface area contributed by atoms with Gasteiger partial charge in [-0.05, 0) is 13.3 Å². The summed E-state index contributed by atoms with van der Waals surface area (Å²) in [5, 5.41) is 3.21. The molecule has 0 amide bonds. The van der Waals surface area contributed by atoms with E-state index in [1.54, 1.807) is 23.0 Å². The molecule has 3 rings (SSSR count). The second-order valence-corrected chi connectivity index (χ2v) is 7.49. The molecule has 1 atom stereocenters. The Morgan fingerprint density at radius 3 is 2.95 bits per heavy atom. The van der Waals surface area contributed by atoms with Crippen LogP contribution in [0.15, 0.2) is 18.6 Å². The second kappa shape index (κ2) is 4.32. The first kappa shape index (κ1) is 13.1. The summed E-state index contributed by atoms with van der Waals surface area (Å²) >= 11 is 0. The fourth-order valence-corrected chi connectivity index (χ4v) is 4.57. The number of hydrazine groups is 1. The van der Waals surface area contributed by atoms with Crippen molar-refractivity contribution in [3.8, 4) is 0 Å². The predicted octanol–water partition coefficient (Wildman–Crippen LogP) is 0.00400. The molecule has 4 N–H and O–H groups in total. The van der Waals surface area contributed by atoms with Crippen LogP contribution in [-0.2, 0) is 9.84 Å². The largest absolute Gasteiger partial charge is 0.361 e. The summed E-state index contributed by atoms with van der Waals surface area (Å²) in [5.74, 6) is 6.67. The summed E-state index contributed by atoms with van der Waals surface area (Å²) < 4.78 is 25.1. The van der Waals surface area contributed by atoms with E-state index >= 15 is 0 Å². The smallest absolute Gasteiger partial charge is 0.180 e. The van der Waals surface area contributed by atoms with Crippen LogP contribution >= 0.6 is 0 Å². The van der Waals surface area contributed by atoms with Crippen LogP contribution in [0.25, 0.3) is 5.65 Å². The van der Waals surface area contributed by atoms with Crippen molar-refractivity contribution in [2.45, 2.75) is 18.9 Å². The number of anilines is 2. The van der Waals surface area contributed by atoms with Crippen molar-refractivity contribution in [3.05, 3.63) is 18.6 Å². The Balaban J connectivity index is 2.00. The Hall–Kier alpha value is -1.87. The molecule has 0 aliphatic carbocycles. The number of aromatic nitrogens is 3. The topological polar surface area (TPSA) is 114 Å². The van der Waals surface area contributed by atoms with Crippen LogP contribution in [0.1, 0.15) is 13.3 Å². The van der Waals surface area contributed by atoms with Crippen LogP contribution in [0.2, 0.25) is 0 Å². The fraction of sp³-hybridized carbons (Fsp3) is 0.455. The van der Waals surface area contributed by atoms with Crippen molar-refractivity contribution in [1.82, 2.24) is 14.4 Å². The number of hydrogen-bond acceptors (Lipinski definition) is 7. The van der Waals surface area contributed by atoms with Gasteiger partial charge in [0.15, 0.2) is 27.1 Å². The lowest BCUT2D eigenvalue weighted by Gasteiger charge is -2.25.